The number of aryl methyl sites for hydroxylation is 2. The number of likely N-dealkylation sites (N-methyl/N-ethyl adjacent to an activating group) is 1. The molecule has 0 saturated carbocycles. The minimum atomic E-state index is -3.54. The fourth-order valence-corrected chi connectivity index (χ4v) is 3.41. The molecule has 0 bridgehead atoms. The molecule has 0 fully saturated rings. The molecule has 1 N–H and O–H groups in total. The van der Waals surface area contributed by atoms with Gasteiger partial charge in [0.1, 0.15) is 18.4 Å². The Bertz CT molecular complexity index is 862. The summed E-state index contributed by atoms with van der Waals surface area (Å²) in [6.07, 6.45) is 1.08. The molecule has 1 atom stereocenters. The fraction of sp³-hybridized carbons (Fsp3) is 0.350. The number of carbonyl (C=O) groups excluding carboxylic acids is 1. The molecule has 0 aliphatic rings. The van der Waals surface area contributed by atoms with Crippen molar-refractivity contribution in [1.82, 2.24) is 9.62 Å². The van der Waals surface area contributed by atoms with Crippen LogP contribution in [-0.4, -0.2) is 45.1 Å². The van der Waals surface area contributed by atoms with Crippen LogP contribution in [0.5, 0.6) is 5.75 Å². The first kappa shape index (κ1) is 20.9. The van der Waals surface area contributed by atoms with E-state index in [4.69, 9.17) is 4.74 Å². The van der Waals surface area contributed by atoms with Gasteiger partial charge in [-0.3, -0.25) is 4.79 Å². The average molecular weight is 391 g/mol. The van der Waals surface area contributed by atoms with E-state index in [1.165, 1.54) is 7.05 Å². The number of ether oxygens (including phenoxy) is 1. The van der Waals surface area contributed by atoms with Crippen molar-refractivity contribution >= 4 is 15.9 Å². The van der Waals surface area contributed by atoms with E-state index in [9.17, 15) is 13.2 Å². The van der Waals surface area contributed by atoms with Crippen molar-refractivity contribution in [3.63, 3.8) is 0 Å². The van der Waals surface area contributed by atoms with Gasteiger partial charge in [0.25, 0.3) is 0 Å². The van der Waals surface area contributed by atoms with Gasteiger partial charge in [-0.15, -0.1) is 0 Å². The molecule has 0 spiro atoms. The van der Waals surface area contributed by atoms with E-state index < -0.39 is 22.0 Å². The molecule has 1 amide bonds. The first-order chi connectivity index (χ1) is 12.7. The van der Waals surface area contributed by atoms with Crippen molar-refractivity contribution in [2.75, 3.05) is 26.5 Å². The van der Waals surface area contributed by atoms with E-state index >= 15 is 0 Å². The second-order valence-electron chi connectivity index (χ2n) is 6.56. The summed E-state index contributed by atoms with van der Waals surface area (Å²) in [4.78, 5) is 12.7. The third-order valence-corrected chi connectivity index (χ3v) is 5.37. The molecule has 0 aliphatic carbocycles. The van der Waals surface area contributed by atoms with Crippen molar-refractivity contribution < 1.29 is 17.9 Å². The average Bonchev–Trinajstić information content (AvgIpc) is 2.58. The molecular weight excluding hydrogens is 364 g/mol. The smallest absolute Gasteiger partial charge is 0.243 e. The van der Waals surface area contributed by atoms with Crippen LogP contribution in [0, 0.1) is 13.8 Å². The lowest BCUT2D eigenvalue weighted by Crippen LogP contribution is -2.42. The predicted molar refractivity (Wildman–Crippen MR) is 106 cm³/mol. The minimum absolute atomic E-state index is 0.271. The fourth-order valence-electron chi connectivity index (χ4n) is 2.81. The maximum Gasteiger partial charge on any atom is 0.243 e. The Hall–Kier alpha value is -2.38. The summed E-state index contributed by atoms with van der Waals surface area (Å²) in [5, 5.41) is 2.76. The minimum Gasteiger partial charge on any atom is -0.492 e. The Labute approximate surface area is 161 Å². The van der Waals surface area contributed by atoms with Gasteiger partial charge >= 0.3 is 0 Å². The Morgan fingerprint density at radius 3 is 2.26 bits per heavy atom. The highest BCUT2D eigenvalue weighted by Gasteiger charge is 2.30. The van der Waals surface area contributed by atoms with Crippen LogP contribution in [-0.2, 0) is 14.8 Å². The van der Waals surface area contributed by atoms with Gasteiger partial charge in [0.05, 0.1) is 12.8 Å². The SMILES string of the molecule is Cc1cc(C)cc(OCCNC(=O)C(c2ccccc2)N(C)S(C)(=O)=O)c1. The van der Waals surface area contributed by atoms with E-state index in [0.29, 0.717) is 12.2 Å². The molecule has 7 heteroatoms. The summed E-state index contributed by atoms with van der Waals surface area (Å²) in [6, 6.07) is 13.8. The second-order valence-corrected chi connectivity index (χ2v) is 8.60. The number of sulfonamides is 1. The topological polar surface area (TPSA) is 75.7 Å². The summed E-state index contributed by atoms with van der Waals surface area (Å²) in [5.74, 6) is 0.354. The Morgan fingerprint density at radius 2 is 1.70 bits per heavy atom. The number of carbonyl (C=O) groups is 1. The lowest BCUT2D eigenvalue weighted by Gasteiger charge is -2.25. The molecule has 2 aromatic carbocycles. The number of nitrogens with one attached hydrogen (secondary N) is 1. The quantitative estimate of drug-likeness (QED) is 0.703. The van der Waals surface area contributed by atoms with Crippen LogP contribution in [0.4, 0.5) is 0 Å². The van der Waals surface area contributed by atoms with E-state index in [0.717, 1.165) is 27.4 Å². The van der Waals surface area contributed by atoms with Crippen LogP contribution in [0.15, 0.2) is 48.5 Å². The van der Waals surface area contributed by atoms with Gasteiger partial charge in [0, 0.05) is 7.05 Å². The van der Waals surface area contributed by atoms with Crippen LogP contribution in [0.2, 0.25) is 0 Å². The number of nitrogens with zero attached hydrogens (tertiary/aromatic N) is 1. The molecule has 2 aromatic rings. The predicted octanol–water partition coefficient (Wildman–Crippen LogP) is 2.43. The van der Waals surface area contributed by atoms with Crippen LogP contribution >= 0.6 is 0 Å². The third kappa shape index (κ3) is 6.08. The molecule has 146 valence electrons. The molecule has 0 saturated heterocycles. The molecular formula is C20H26N2O4S. The lowest BCUT2D eigenvalue weighted by molar-refractivity contribution is -0.124. The van der Waals surface area contributed by atoms with Crippen molar-refractivity contribution in [3.8, 4) is 5.75 Å². The van der Waals surface area contributed by atoms with Crippen LogP contribution in [0.1, 0.15) is 22.7 Å². The van der Waals surface area contributed by atoms with E-state index in [-0.39, 0.29) is 6.54 Å². The zero-order valence-corrected chi connectivity index (χ0v) is 16.9. The molecule has 27 heavy (non-hydrogen) atoms. The summed E-state index contributed by atoms with van der Waals surface area (Å²) in [5.41, 5.74) is 2.82. The normalized spacial score (nSPS) is 12.6. The van der Waals surface area contributed by atoms with Gasteiger partial charge in [-0.2, -0.15) is 4.31 Å². The zero-order valence-electron chi connectivity index (χ0n) is 16.1. The van der Waals surface area contributed by atoms with Gasteiger partial charge in [0.2, 0.25) is 15.9 Å². The standard InChI is InChI=1S/C20H26N2O4S/c1-15-12-16(2)14-18(13-15)26-11-10-21-20(23)19(22(3)27(4,24)25)17-8-6-5-7-9-17/h5-9,12-14,19H,10-11H2,1-4H3,(H,21,23). The van der Waals surface area contributed by atoms with Gasteiger partial charge in [0.15, 0.2) is 0 Å². The Kier molecular flexibility index (Phi) is 6.98. The van der Waals surface area contributed by atoms with Crippen LogP contribution < -0.4 is 10.1 Å². The highest BCUT2D eigenvalue weighted by molar-refractivity contribution is 7.88. The molecule has 2 rings (SSSR count). The van der Waals surface area contributed by atoms with Crippen LogP contribution in [0.25, 0.3) is 0 Å². The number of hydrogen-bond acceptors (Lipinski definition) is 4. The van der Waals surface area contributed by atoms with Gasteiger partial charge in [-0.25, -0.2) is 8.42 Å². The first-order valence-corrected chi connectivity index (χ1v) is 10.5. The van der Waals surface area contributed by atoms with Gasteiger partial charge < -0.3 is 10.1 Å². The monoisotopic (exact) mass is 390 g/mol. The molecule has 0 aliphatic heterocycles. The molecule has 0 heterocycles. The third-order valence-electron chi connectivity index (χ3n) is 4.12. The summed E-state index contributed by atoms with van der Waals surface area (Å²) in [7, 11) is -2.14. The maximum atomic E-state index is 12.7. The Morgan fingerprint density at radius 1 is 1.11 bits per heavy atom. The first-order valence-electron chi connectivity index (χ1n) is 8.65. The lowest BCUT2D eigenvalue weighted by atomic mass is 10.1. The van der Waals surface area contributed by atoms with Crippen molar-refractivity contribution in [2.24, 2.45) is 0 Å². The summed E-state index contributed by atoms with van der Waals surface area (Å²) in [6.45, 7) is 4.55. The summed E-state index contributed by atoms with van der Waals surface area (Å²) < 4.78 is 30.7. The largest absolute Gasteiger partial charge is 0.492 e. The van der Waals surface area contributed by atoms with E-state index in [1.54, 1.807) is 24.3 Å². The van der Waals surface area contributed by atoms with Crippen molar-refractivity contribution in [2.45, 2.75) is 19.9 Å². The number of benzene rings is 2. The molecule has 0 aromatic heterocycles. The molecule has 6 nitrogen and oxygen atoms in total. The number of rotatable bonds is 8. The van der Waals surface area contributed by atoms with Crippen molar-refractivity contribution in [3.05, 3.63) is 65.2 Å². The van der Waals surface area contributed by atoms with Gasteiger partial charge in [-0.1, -0.05) is 36.4 Å². The Balaban J connectivity index is 2.01. The number of amides is 1. The maximum absolute atomic E-state index is 12.7. The summed E-state index contributed by atoms with van der Waals surface area (Å²) >= 11 is 0. The highest BCUT2D eigenvalue weighted by atomic mass is 32.2. The molecule has 0 radical (unpaired) electrons. The second kappa shape index (κ2) is 9.01. The van der Waals surface area contributed by atoms with Crippen LogP contribution in [0.3, 0.4) is 0 Å². The number of hydrogen-bond donors (Lipinski definition) is 1. The zero-order chi connectivity index (χ0) is 20.0. The molecule has 1 unspecified atom stereocenters. The van der Waals surface area contributed by atoms with Crippen molar-refractivity contribution in [1.29, 1.82) is 0 Å². The van der Waals surface area contributed by atoms with E-state index in [2.05, 4.69) is 11.4 Å². The van der Waals surface area contributed by atoms with Gasteiger partial charge in [-0.05, 0) is 42.7 Å². The highest BCUT2D eigenvalue weighted by Crippen LogP contribution is 2.22. The van der Waals surface area contributed by atoms with E-state index in [1.807, 2.05) is 32.0 Å².